The SMILES string of the molecule is C=CC(=O)OCCCC.C=Cc1ccccc1.CC(C=CC(=O)O)C(=O)O. The first kappa shape index (κ1) is 26.1. The molecule has 0 saturated carbocycles. The lowest BCUT2D eigenvalue weighted by molar-refractivity contribution is -0.139. The molecule has 6 heteroatoms. The molecule has 0 amide bonds. The van der Waals surface area contributed by atoms with Crippen LogP contribution in [0, 0.1) is 5.92 Å². The molecular formula is C21H28O6. The van der Waals surface area contributed by atoms with Crippen molar-refractivity contribution in [3.63, 3.8) is 0 Å². The molecule has 0 bridgehead atoms. The Kier molecular flexibility index (Phi) is 17.1. The number of carbonyl (C=O) groups is 3. The molecule has 0 spiro atoms. The number of aliphatic carboxylic acids is 2. The monoisotopic (exact) mass is 376 g/mol. The van der Waals surface area contributed by atoms with E-state index in [9.17, 15) is 14.4 Å². The van der Waals surface area contributed by atoms with Gasteiger partial charge in [-0.25, -0.2) is 9.59 Å². The average Bonchev–Trinajstić information content (AvgIpc) is 2.67. The van der Waals surface area contributed by atoms with E-state index < -0.39 is 17.9 Å². The smallest absolute Gasteiger partial charge is 0.330 e. The minimum Gasteiger partial charge on any atom is -0.481 e. The zero-order valence-electron chi connectivity index (χ0n) is 15.8. The molecule has 1 aromatic rings. The van der Waals surface area contributed by atoms with Crippen LogP contribution >= 0.6 is 0 Å². The summed E-state index contributed by atoms with van der Waals surface area (Å²) >= 11 is 0. The van der Waals surface area contributed by atoms with Crippen molar-refractivity contribution in [3.05, 3.63) is 67.3 Å². The lowest BCUT2D eigenvalue weighted by atomic mass is 10.2. The highest BCUT2D eigenvalue weighted by Crippen LogP contribution is 1.97. The highest BCUT2D eigenvalue weighted by molar-refractivity contribution is 5.81. The number of unbranched alkanes of at least 4 members (excludes halogenated alkanes) is 1. The van der Waals surface area contributed by atoms with Crippen LogP contribution in [0.25, 0.3) is 6.08 Å². The first-order valence-electron chi connectivity index (χ1n) is 8.39. The summed E-state index contributed by atoms with van der Waals surface area (Å²) in [5.74, 6) is -3.23. The molecule has 0 aromatic heterocycles. The van der Waals surface area contributed by atoms with E-state index in [1.807, 2.05) is 43.3 Å². The third-order valence-corrected chi connectivity index (χ3v) is 2.86. The van der Waals surface area contributed by atoms with E-state index in [-0.39, 0.29) is 5.97 Å². The maximum absolute atomic E-state index is 10.3. The van der Waals surface area contributed by atoms with Gasteiger partial charge in [-0.15, -0.1) is 0 Å². The van der Waals surface area contributed by atoms with Crippen molar-refractivity contribution in [1.82, 2.24) is 0 Å². The highest BCUT2D eigenvalue weighted by Gasteiger charge is 2.05. The molecule has 1 unspecified atom stereocenters. The fraction of sp³-hybridized carbons (Fsp3) is 0.286. The van der Waals surface area contributed by atoms with Gasteiger partial charge in [0.2, 0.25) is 0 Å². The first-order valence-corrected chi connectivity index (χ1v) is 8.39. The predicted octanol–water partition coefficient (Wildman–Crippen LogP) is 4.19. The molecule has 0 aliphatic carbocycles. The number of carboxylic acids is 2. The molecule has 0 aliphatic rings. The molecule has 2 N–H and O–H groups in total. The minimum absolute atomic E-state index is 0.330. The van der Waals surface area contributed by atoms with E-state index in [1.165, 1.54) is 18.6 Å². The molecule has 148 valence electrons. The number of benzene rings is 1. The Labute approximate surface area is 160 Å². The van der Waals surface area contributed by atoms with E-state index in [2.05, 4.69) is 17.9 Å². The first-order chi connectivity index (χ1) is 12.8. The average molecular weight is 376 g/mol. The molecule has 6 nitrogen and oxygen atoms in total. The van der Waals surface area contributed by atoms with Gasteiger partial charge in [-0.1, -0.05) is 69.0 Å². The standard InChI is InChI=1S/C8H8.C7H12O2.C6H8O4/c1-2-8-6-4-3-5-7-8;1-3-5-6-9-7(8)4-2;1-4(6(9)10)2-3-5(7)8/h2-7H,1H2;4H,2-3,5-6H2,1H3;2-4H,1H3,(H,7,8)(H,9,10). The maximum atomic E-state index is 10.3. The second-order valence-corrected chi connectivity index (χ2v) is 5.16. The molecule has 27 heavy (non-hydrogen) atoms. The molecule has 0 heterocycles. The molecule has 0 radical (unpaired) electrons. The molecular weight excluding hydrogens is 348 g/mol. The van der Waals surface area contributed by atoms with Gasteiger partial charge in [0.25, 0.3) is 0 Å². The molecule has 0 saturated heterocycles. The van der Waals surface area contributed by atoms with Crippen LogP contribution in [0.5, 0.6) is 0 Å². The van der Waals surface area contributed by atoms with Gasteiger partial charge < -0.3 is 14.9 Å². The highest BCUT2D eigenvalue weighted by atomic mass is 16.5. The Morgan fingerprint density at radius 2 is 1.74 bits per heavy atom. The number of hydrogen-bond acceptors (Lipinski definition) is 4. The summed E-state index contributed by atoms with van der Waals surface area (Å²) in [6.07, 6.45) is 6.92. The third kappa shape index (κ3) is 19.0. The molecule has 1 aromatic carbocycles. The van der Waals surface area contributed by atoms with Crippen molar-refractivity contribution in [3.8, 4) is 0 Å². The topological polar surface area (TPSA) is 101 Å². The lowest BCUT2D eigenvalue weighted by Gasteiger charge is -1.97. The third-order valence-electron chi connectivity index (χ3n) is 2.86. The minimum atomic E-state index is -1.13. The Hall–Kier alpha value is -3.15. The number of carboxylic acid groups (broad SMARTS) is 2. The lowest BCUT2D eigenvalue weighted by Crippen LogP contribution is -2.06. The quantitative estimate of drug-likeness (QED) is 0.401. The van der Waals surface area contributed by atoms with Crippen molar-refractivity contribution in [1.29, 1.82) is 0 Å². The van der Waals surface area contributed by atoms with Crippen molar-refractivity contribution >= 4 is 24.0 Å². The van der Waals surface area contributed by atoms with Gasteiger partial charge >= 0.3 is 17.9 Å². The second kappa shape index (κ2) is 17.7. The van der Waals surface area contributed by atoms with Crippen LogP contribution in [-0.4, -0.2) is 34.7 Å². The Morgan fingerprint density at radius 3 is 2.11 bits per heavy atom. The Balaban J connectivity index is 0. The van der Waals surface area contributed by atoms with Crippen LogP contribution < -0.4 is 0 Å². The van der Waals surface area contributed by atoms with Crippen LogP contribution in [0.15, 0.2) is 61.7 Å². The van der Waals surface area contributed by atoms with Gasteiger partial charge in [0.1, 0.15) is 0 Å². The summed E-state index contributed by atoms with van der Waals surface area (Å²) in [4.78, 5) is 30.3. The second-order valence-electron chi connectivity index (χ2n) is 5.16. The fourth-order valence-corrected chi connectivity index (χ4v) is 1.27. The molecule has 1 rings (SSSR count). The van der Waals surface area contributed by atoms with Crippen molar-refractivity contribution in [2.75, 3.05) is 6.61 Å². The number of esters is 1. The number of carbonyl (C=O) groups excluding carboxylic acids is 1. The number of hydrogen-bond donors (Lipinski definition) is 2. The zero-order valence-corrected chi connectivity index (χ0v) is 15.8. The zero-order chi connectivity index (χ0) is 21.1. The van der Waals surface area contributed by atoms with E-state index in [0.717, 1.165) is 25.0 Å². The summed E-state index contributed by atoms with van der Waals surface area (Å²) in [7, 11) is 0. The summed E-state index contributed by atoms with van der Waals surface area (Å²) < 4.78 is 4.67. The number of ether oxygens (including phenoxy) is 1. The van der Waals surface area contributed by atoms with Crippen LogP contribution in [0.1, 0.15) is 32.3 Å². The van der Waals surface area contributed by atoms with Gasteiger partial charge in [0, 0.05) is 12.2 Å². The van der Waals surface area contributed by atoms with E-state index >= 15 is 0 Å². The number of rotatable bonds is 8. The van der Waals surface area contributed by atoms with Gasteiger partial charge in [0.05, 0.1) is 12.5 Å². The summed E-state index contributed by atoms with van der Waals surface area (Å²) in [6, 6.07) is 10.0. The normalized spacial score (nSPS) is 10.3. The largest absolute Gasteiger partial charge is 0.481 e. The van der Waals surface area contributed by atoms with Crippen molar-refractivity contribution in [2.24, 2.45) is 5.92 Å². The summed E-state index contributed by atoms with van der Waals surface area (Å²) in [6.45, 7) is 10.9. The Bertz CT molecular complexity index is 604. The fourth-order valence-electron chi connectivity index (χ4n) is 1.27. The predicted molar refractivity (Wildman–Crippen MR) is 106 cm³/mol. The van der Waals surface area contributed by atoms with Gasteiger partial charge in [-0.3, -0.25) is 4.79 Å². The van der Waals surface area contributed by atoms with Crippen molar-refractivity contribution in [2.45, 2.75) is 26.7 Å². The van der Waals surface area contributed by atoms with Gasteiger partial charge in [0.15, 0.2) is 0 Å². The maximum Gasteiger partial charge on any atom is 0.330 e. The van der Waals surface area contributed by atoms with Crippen LogP contribution in [0.2, 0.25) is 0 Å². The van der Waals surface area contributed by atoms with Crippen LogP contribution in [0.4, 0.5) is 0 Å². The summed E-state index contributed by atoms with van der Waals surface area (Å²) in [5, 5.41) is 16.3. The van der Waals surface area contributed by atoms with Crippen LogP contribution in [-0.2, 0) is 19.1 Å². The van der Waals surface area contributed by atoms with E-state index in [4.69, 9.17) is 10.2 Å². The Morgan fingerprint density at radius 1 is 1.15 bits per heavy atom. The molecule has 0 fully saturated rings. The molecule has 0 aliphatic heterocycles. The van der Waals surface area contributed by atoms with Gasteiger partial charge in [-0.2, -0.15) is 0 Å². The van der Waals surface area contributed by atoms with E-state index in [1.54, 1.807) is 0 Å². The van der Waals surface area contributed by atoms with Crippen LogP contribution in [0.3, 0.4) is 0 Å². The van der Waals surface area contributed by atoms with Crippen molar-refractivity contribution < 1.29 is 29.3 Å². The van der Waals surface area contributed by atoms with Gasteiger partial charge in [-0.05, 0) is 18.9 Å². The summed E-state index contributed by atoms with van der Waals surface area (Å²) in [5.41, 5.74) is 1.17. The molecule has 1 atom stereocenters. The van der Waals surface area contributed by atoms with E-state index in [0.29, 0.717) is 6.61 Å².